The minimum Gasteiger partial charge on any atom is -0.454 e. The Morgan fingerprint density at radius 2 is 1.82 bits per heavy atom. The van der Waals surface area contributed by atoms with Gasteiger partial charge in [0.15, 0.2) is 0 Å². The number of ketones is 1. The lowest BCUT2D eigenvalue weighted by molar-refractivity contribution is -0.163. The van der Waals surface area contributed by atoms with Crippen LogP contribution in [0.15, 0.2) is 24.3 Å². The number of hydrogen-bond acceptors (Lipinski definition) is 6. The zero-order valence-corrected chi connectivity index (χ0v) is 21.2. The van der Waals surface area contributed by atoms with E-state index >= 15 is 0 Å². The number of esters is 1. The lowest BCUT2D eigenvalue weighted by Crippen LogP contribution is -2.53. The highest BCUT2D eigenvalue weighted by molar-refractivity contribution is 6.33. The predicted molar refractivity (Wildman–Crippen MR) is 129 cm³/mol. The molecule has 2 aliphatic carbocycles. The van der Waals surface area contributed by atoms with Crippen molar-refractivity contribution in [1.82, 2.24) is 15.8 Å². The minimum absolute atomic E-state index is 0.0644. The van der Waals surface area contributed by atoms with Gasteiger partial charge in [-0.05, 0) is 109 Å². The first kappa shape index (κ1) is 25.3. The Labute approximate surface area is 203 Å². The third kappa shape index (κ3) is 5.21. The fraction of sp³-hybridized carbons (Fsp3) is 0.704. The molecule has 3 aliphatic rings. The summed E-state index contributed by atoms with van der Waals surface area (Å²) in [5, 5.41) is 0. The van der Waals surface area contributed by atoms with Gasteiger partial charge < -0.3 is 4.74 Å². The van der Waals surface area contributed by atoms with Crippen LogP contribution < -0.4 is 10.9 Å². The summed E-state index contributed by atoms with van der Waals surface area (Å²) in [6.45, 7) is 5.33. The summed E-state index contributed by atoms with van der Waals surface area (Å²) in [6, 6.07) is 7.45. The van der Waals surface area contributed by atoms with Crippen LogP contribution in [0.1, 0.15) is 77.7 Å². The average molecular weight is 474 g/mol. The summed E-state index contributed by atoms with van der Waals surface area (Å²) in [4.78, 5) is 26.5. The Balaban J connectivity index is 1.29. The molecular formula is C27H40FN3O3. The molecule has 2 saturated carbocycles. The maximum absolute atomic E-state index is 14.0. The van der Waals surface area contributed by atoms with Gasteiger partial charge in [-0.1, -0.05) is 12.1 Å². The third-order valence-electron chi connectivity index (χ3n) is 8.33. The van der Waals surface area contributed by atoms with Crippen molar-refractivity contribution in [3.63, 3.8) is 0 Å². The Bertz CT molecular complexity index is 912. The summed E-state index contributed by atoms with van der Waals surface area (Å²) in [5.41, 5.74) is 7.53. The lowest BCUT2D eigenvalue weighted by Gasteiger charge is -2.49. The summed E-state index contributed by atoms with van der Waals surface area (Å²) >= 11 is 0. The fourth-order valence-corrected chi connectivity index (χ4v) is 6.26. The second-order valence-electron chi connectivity index (χ2n) is 12.0. The van der Waals surface area contributed by atoms with E-state index in [1.54, 1.807) is 26.8 Å². The van der Waals surface area contributed by atoms with Crippen molar-refractivity contribution in [1.29, 1.82) is 0 Å². The van der Waals surface area contributed by atoms with Gasteiger partial charge in [0, 0.05) is 23.5 Å². The number of nitrogens with zero attached hydrogens (tertiary/aromatic N) is 1. The number of benzene rings is 1. The molecule has 4 rings (SSSR count). The summed E-state index contributed by atoms with van der Waals surface area (Å²) < 4.78 is 19.2. The van der Waals surface area contributed by atoms with Crippen LogP contribution >= 0.6 is 0 Å². The van der Waals surface area contributed by atoms with Crippen LogP contribution in [0.3, 0.4) is 0 Å². The minimum atomic E-state index is -0.708. The first-order chi connectivity index (χ1) is 15.9. The van der Waals surface area contributed by atoms with Gasteiger partial charge in [-0.3, -0.25) is 20.5 Å². The largest absolute Gasteiger partial charge is 0.454 e. The molecule has 1 aliphatic heterocycles. The van der Waals surface area contributed by atoms with E-state index < -0.39 is 17.4 Å². The third-order valence-corrected chi connectivity index (χ3v) is 8.33. The van der Waals surface area contributed by atoms with Gasteiger partial charge in [0.05, 0.1) is 0 Å². The van der Waals surface area contributed by atoms with Crippen molar-refractivity contribution in [2.45, 2.75) is 94.9 Å². The molecule has 1 aromatic carbocycles. The molecule has 1 unspecified atom stereocenters. The number of carbonyl (C=O) groups excluding carboxylic acids is 2. The van der Waals surface area contributed by atoms with Crippen molar-refractivity contribution in [2.75, 3.05) is 14.1 Å². The second-order valence-corrected chi connectivity index (χ2v) is 12.0. The van der Waals surface area contributed by atoms with E-state index in [0.29, 0.717) is 12.0 Å². The fourth-order valence-electron chi connectivity index (χ4n) is 6.26. The Kier molecular flexibility index (Phi) is 6.93. The predicted octanol–water partition coefficient (Wildman–Crippen LogP) is 4.09. The molecule has 1 atom stereocenters. The van der Waals surface area contributed by atoms with E-state index in [0.717, 1.165) is 50.5 Å². The van der Waals surface area contributed by atoms with Crippen LogP contribution in [0.25, 0.3) is 0 Å². The van der Waals surface area contributed by atoms with Gasteiger partial charge in [-0.25, -0.2) is 9.18 Å². The zero-order valence-electron chi connectivity index (χ0n) is 21.2. The molecule has 1 aromatic rings. The van der Waals surface area contributed by atoms with Gasteiger partial charge in [0.25, 0.3) is 0 Å². The quantitative estimate of drug-likeness (QED) is 0.479. The maximum Gasteiger partial charge on any atom is 0.375 e. The molecule has 1 saturated heterocycles. The van der Waals surface area contributed by atoms with Crippen molar-refractivity contribution >= 4 is 11.8 Å². The van der Waals surface area contributed by atoms with Crippen molar-refractivity contribution < 1.29 is 18.7 Å². The number of nitrogens with one attached hydrogen (secondary N) is 2. The van der Waals surface area contributed by atoms with Gasteiger partial charge in [0.2, 0.25) is 5.78 Å². The van der Waals surface area contributed by atoms with Crippen LogP contribution in [0.2, 0.25) is 0 Å². The molecule has 0 aromatic heterocycles. The van der Waals surface area contributed by atoms with Crippen LogP contribution in [-0.2, 0) is 19.9 Å². The molecule has 34 heavy (non-hydrogen) atoms. The van der Waals surface area contributed by atoms with Crippen LogP contribution in [0.4, 0.5) is 4.39 Å². The van der Waals surface area contributed by atoms with Gasteiger partial charge in [-0.15, -0.1) is 0 Å². The molecule has 2 N–H and O–H groups in total. The molecule has 6 nitrogen and oxygen atoms in total. The number of Topliss-reactive ketones (excluding diaryl/α,β-unsaturated/α-hetero) is 1. The monoisotopic (exact) mass is 473 g/mol. The number of hydrogen-bond donors (Lipinski definition) is 2. The van der Waals surface area contributed by atoms with E-state index in [4.69, 9.17) is 4.74 Å². The number of hydrazine groups is 1. The summed E-state index contributed by atoms with van der Waals surface area (Å²) in [7, 11) is 4.19. The Morgan fingerprint density at radius 3 is 2.41 bits per heavy atom. The van der Waals surface area contributed by atoms with Crippen LogP contribution in [0, 0.1) is 17.7 Å². The molecule has 1 heterocycles. The molecule has 0 amide bonds. The summed E-state index contributed by atoms with van der Waals surface area (Å²) in [5.74, 6) is -0.502. The van der Waals surface area contributed by atoms with Crippen molar-refractivity contribution in [2.24, 2.45) is 11.8 Å². The summed E-state index contributed by atoms with van der Waals surface area (Å²) in [6.07, 6.45) is 7.29. The second kappa shape index (κ2) is 9.32. The molecular weight excluding hydrogens is 433 g/mol. The van der Waals surface area contributed by atoms with Crippen molar-refractivity contribution in [3.8, 4) is 0 Å². The molecule has 0 bridgehead atoms. The van der Waals surface area contributed by atoms with E-state index in [9.17, 15) is 14.0 Å². The van der Waals surface area contributed by atoms with E-state index in [1.165, 1.54) is 6.07 Å². The first-order valence-corrected chi connectivity index (χ1v) is 12.6. The average Bonchev–Trinajstić information content (AvgIpc) is 3.12. The van der Waals surface area contributed by atoms with E-state index in [2.05, 4.69) is 35.9 Å². The van der Waals surface area contributed by atoms with Crippen LogP contribution in [-0.4, -0.2) is 47.9 Å². The molecule has 1 spiro atoms. The van der Waals surface area contributed by atoms with E-state index in [1.807, 2.05) is 6.07 Å². The molecule has 188 valence electrons. The topological polar surface area (TPSA) is 70.7 Å². The highest BCUT2D eigenvalue weighted by Crippen LogP contribution is 2.49. The lowest BCUT2D eigenvalue weighted by atomic mass is 9.64. The number of halogens is 1. The molecule has 0 radical (unpaired) electrons. The first-order valence-electron chi connectivity index (χ1n) is 12.6. The van der Waals surface area contributed by atoms with Crippen LogP contribution in [0.5, 0.6) is 0 Å². The highest BCUT2D eigenvalue weighted by atomic mass is 19.1. The Hall–Kier alpha value is -1.83. The number of rotatable bonds is 6. The normalized spacial score (nSPS) is 33.7. The Morgan fingerprint density at radius 1 is 1.15 bits per heavy atom. The standard InChI is InChI=1S/C27H40FN3O3/c1-25(2,3)34-24(33)23(32)15-18-13-19(14-18)22-17-26(30-29-22)9-11-27(12-10-26,31(4)5)20-7-6-8-21(28)16-20/h6-8,16,18-19,22,29-30H,9-15,17H2,1-5H3. The smallest absolute Gasteiger partial charge is 0.375 e. The number of carbonyl (C=O) groups is 2. The van der Waals surface area contributed by atoms with Gasteiger partial charge >= 0.3 is 5.97 Å². The SMILES string of the molecule is CN(C)C1(c2cccc(F)c2)CCC2(CC1)CC(C1CC(CC(=O)C(=O)OC(C)(C)C)C1)NN2. The van der Waals surface area contributed by atoms with Crippen molar-refractivity contribution in [3.05, 3.63) is 35.6 Å². The zero-order chi connectivity index (χ0) is 24.7. The molecule has 7 heteroatoms. The maximum atomic E-state index is 14.0. The van der Waals surface area contributed by atoms with E-state index in [-0.39, 0.29) is 29.2 Å². The van der Waals surface area contributed by atoms with Gasteiger partial charge in [0.1, 0.15) is 11.4 Å². The van der Waals surface area contributed by atoms with Gasteiger partial charge in [-0.2, -0.15) is 0 Å². The molecule has 3 fully saturated rings. The number of ether oxygens (including phenoxy) is 1. The highest BCUT2D eigenvalue weighted by Gasteiger charge is 2.50.